The summed E-state index contributed by atoms with van der Waals surface area (Å²) in [5, 5.41) is 0. The molecule has 3 nitrogen and oxygen atoms in total. The van der Waals surface area contributed by atoms with Crippen LogP contribution in [0.3, 0.4) is 0 Å². The van der Waals surface area contributed by atoms with E-state index < -0.39 is 0 Å². The van der Waals surface area contributed by atoms with Crippen molar-refractivity contribution in [2.45, 2.75) is 57.8 Å². The van der Waals surface area contributed by atoms with Gasteiger partial charge in [0.25, 0.3) is 0 Å². The highest BCUT2D eigenvalue weighted by Gasteiger charge is 2.27. The normalized spacial score (nSPS) is 23.3. The van der Waals surface area contributed by atoms with E-state index in [0.29, 0.717) is 12.1 Å². The van der Waals surface area contributed by atoms with E-state index >= 15 is 0 Å². The quantitative estimate of drug-likeness (QED) is 0.887. The summed E-state index contributed by atoms with van der Waals surface area (Å²) < 4.78 is 5.66. The van der Waals surface area contributed by atoms with E-state index in [0.717, 1.165) is 18.7 Å². The molecule has 0 heterocycles. The monoisotopic (exact) mass is 262 g/mol. The van der Waals surface area contributed by atoms with Gasteiger partial charge in [-0.2, -0.15) is 0 Å². The summed E-state index contributed by atoms with van der Waals surface area (Å²) in [6, 6.07) is 9.28. The molecule has 0 bridgehead atoms. The molecule has 2 rings (SSSR count). The summed E-state index contributed by atoms with van der Waals surface area (Å²) >= 11 is 0. The van der Waals surface area contributed by atoms with E-state index in [-0.39, 0.29) is 6.10 Å². The Balaban J connectivity index is 1.91. The fraction of sp³-hybridized carbons (Fsp3) is 0.625. The molecule has 0 saturated heterocycles. The molecule has 106 valence electrons. The van der Waals surface area contributed by atoms with Crippen LogP contribution in [0.15, 0.2) is 24.3 Å². The Labute approximate surface area is 116 Å². The summed E-state index contributed by atoms with van der Waals surface area (Å²) in [6.45, 7) is 5.05. The van der Waals surface area contributed by atoms with Gasteiger partial charge in [0.2, 0.25) is 0 Å². The van der Waals surface area contributed by atoms with Crippen molar-refractivity contribution >= 4 is 0 Å². The van der Waals surface area contributed by atoms with Crippen molar-refractivity contribution in [3.05, 3.63) is 29.8 Å². The van der Waals surface area contributed by atoms with Crippen LogP contribution in [0.25, 0.3) is 0 Å². The summed E-state index contributed by atoms with van der Waals surface area (Å²) in [5.41, 5.74) is 7.47. The molecule has 3 heteroatoms. The average molecular weight is 262 g/mol. The van der Waals surface area contributed by atoms with Crippen LogP contribution in [0.1, 0.15) is 38.7 Å². The van der Waals surface area contributed by atoms with Crippen LogP contribution in [0, 0.1) is 0 Å². The molecule has 2 N–H and O–H groups in total. The van der Waals surface area contributed by atoms with Gasteiger partial charge in [-0.15, -0.1) is 0 Å². The third-order valence-corrected chi connectivity index (χ3v) is 3.82. The van der Waals surface area contributed by atoms with Gasteiger partial charge < -0.3 is 10.5 Å². The highest BCUT2D eigenvalue weighted by molar-refractivity contribution is 5.27. The molecular formula is C16H26N2O. The Morgan fingerprint density at radius 3 is 2.47 bits per heavy atom. The van der Waals surface area contributed by atoms with Gasteiger partial charge in [-0.05, 0) is 51.4 Å². The number of likely N-dealkylation sites (N-methyl/N-ethyl adjacent to an activating group) is 1. The molecule has 19 heavy (non-hydrogen) atoms. The molecule has 0 aromatic heterocycles. The lowest BCUT2D eigenvalue weighted by Gasteiger charge is -2.27. The molecule has 1 aromatic rings. The molecule has 1 aromatic carbocycles. The second kappa shape index (κ2) is 6.40. The predicted molar refractivity (Wildman–Crippen MR) is 79.3 cm³/mol. The number of benzene rings is 1. The van der Waals surface area contributed by atoms with Gasteiger partial charge >= 0.3 is 0 Å². The zero-order valence-corrected chi connectivity index (χ0v) is 12.3. The van der Waals surface area contributed by atoms with Crippen LogP contribution in [-0.4, -0.2) is 30.1 Å². The van der Waals surface area contributed by atoms with Gasteiger partial charge in [0.05, 0.1) is 6.10 Å². The highest BCUT2D eigenvalue weighted by atomic mass is 16.5. The van der Waals surface area contributed by atoms with Crippen LogP contribution in [0.5, 0.6) is 5.75 Å². The van der Waals surface area contributed by atoms with Crippen molar-refractivity contribution in [1.29, 1.82) is 0 Å². The summed E-state index contributed by atoms with van der Waals surface area (Å²) in [6.07, 6.45) is 3.88. The first kappa shape index (κ1) is 14.4. The van der Waals surface area contributed by atoms with Crippen molar-refractivity contribution in [3.8, 4) is 5.75 Å². The standard InChI is InChI=1S/C16H26N2O/c1-12(2)19-14-9-7-13(8-10-14)11-18(3)16-6-4-5-15(16)17/h7-10,12,15-16H,4-6,11,17H2,1-3H3. The van der Waals surface area contributed by atoms with Crippen molar-refractivity contribution in [1.82, 2.24) is 4.90 Å². The van der Waals surface area contributed by atoms with Gasteiger partial charge in [0, 0.05) is 18.6 Å². The summed E-state index contributed by atoms with van der Waals surface area (Å²) in [4.78, 5) is 2.38. The molecule has 1 fully saturated rings. The zero-order valence-electron chi connectivity index (χ0n) is 12.3. The second-order valence-corrected chi connectivity index (χ2v) is 5.89. The maximum Gasteiger partial charge on any atom is 0.119 e. The number of ether oxygens (including phenoxy) is 1. The molecule has 0 radical (unpaired) electrons. The highest BCUT2D eigenvalue weighted by Crippen LogP contribution is 2.23. The zero-order chi connectivity index (χ0) is 13.8. The Morgan fingerprint density at radius 2 is 1.95 bits per heavy atom. The van der Waals surface area contributed by atoms with Gasteiger partial charge in [-0.1, -0.05) is 18.6 Å². The van der Waals surface area contributed by atoms with Gasteiger partial charge in [0.1, 0.15) is 5.75 Å². The maximum absolute atomic E-state index is 6.15. The number of hydrogen-bond acceptors (Lipinski definition) is 3. The van der Waals surface area contributed by atoms with E-state index in [2.05, 4.69) is 36.2 Å². The molecule has 2 atom stereocenters. The van der Waals surface area contributed by atoms with Crippen molar-refractivity contribution in [2.24, 2.45) is 5.73 Å². The molecule has 0 amide bonds. The molecule has 1 aliphatic carbocycles. The lowest BCUT2D eigenvalue weighted by Crippen LogP contribution is -2.41. The van der Waals surface area contributed by atoms with Crippen molar-refractivity contribution in [3.63, 3.8) is 0 Å². The number of nitrogens with zero attached hydrogens (tertiary/aromatic N) is 1. The van der Waals surface area contributed by atoms with E-state index in [1.807, 2.05) is 13.8 Å². The third-order valence-electron chi connectivity index (χ3n) is 3.82. The Morgan fingerprint density at radius 1 is 1.26 bits per heavy atom. The van der Waals surface area contributed by atoms with Crippen LogP contribution in [0.4, 0.5) is 0 Å². The Hall–Kier alpha value is -1.06. The van der Waals surface area contributed by atoms with Crippen LogP contribution < -0.4 is 10.5 Å². The number of hydrogen-bond donors (Lipinski definition) is 1. The molecule has 1 aliphatic rings. The maximum atomic E-state index is 6.15. The topological polar surface area (TPSA) is 38.5 Å². The van der Waals surface area contributed by atoms with Crippen LogP contribution in [-0.2, 0) is 6.54 Å². The fourth-order valence-electron chi connectivity index (χ4n) is 2.87. The molecule has 0 spiro atoms. The smallest absolute Gasteiger partial charge is 0.119 e. The van der Waals surface area contributed by atoms with E-state index in [9.17, 15) is 0 Å². The van der Waals surface area contributed by atoms with Gasteiger partial charge in [-0.25, -0.2) is 0 Å². The first-order valence-electron chi connectivity index (χ1n) is 7.27. The summed E-state index contributed by atoms with van der Waals surface area (Å²) in [5.74, 6) is 0.943. The first-order valence-corrected chi connectivity index (χ1v) is 7.27. The number of nitrogens with two attached hydrogens (primary N) is 1. The van der Waals surface area contributed by atoms with Gasteiger partial charge in [-0.3, -0.25) is 4.90 Å². The van der Waals surface area contributed by atoms with Crippen molar-refractivity contribution in [2.75, 3.05) is 7.05 Å². The predicted octanol–water partition coefficient (Wildman–Crippen LogP) is 2.79. The Bertz CT molecular complexity index is 388. The van der Waals surface area contributed by atoms with Crippen LogP contribution >= 0.6 is 0 Å². The van der Waals surface area contributed by atoms with E-state index in [1.54, 1.807) is 0 Å². The van der Waals surface area contributed by atoms with E-state index in [4.69, 9.17) is 10.5 Å². The second-order valence-electron chi connectivity index (χ2n) is 5.89. The third kappa shape index (κ3) is 3.95. The molecule has 1 saturated carbocycles. The Kier molecular flexibility index (Phi) is 4.83. The minimum absolute atomic E-state index is 0.227. The molecule has 0 aliphatic heterocycles. The first-order chi connectivity index (χ1) is 9.06. The lowest BCUT2D eigenvalue weighted by molar-refractivity contribution is 0.220. The SMILES string of the molecule is CC(C)Oc1ccc(CN(C)C2CCCC2N)cc1. The largest absolute Gasteiger partial charge is 0.491 e. The minimum atomic E-state index is 0.227. The van der Waals surface area contributed by atoms with E-state index in [1.165, 1.54) is 18.4 Å². The minimum Gasteiger partial charge on any atom is -0.491 e. The average Bonchev–Trinajstić information content (AvgIpc) is 2.77. The number of rotatable bonds is 5. The van der Waals surface area contributed by atoms with Gasteiger partial charge in [0.15, 0.2) is 0 Å². The summed E-state index contributed by atoms with van der Waals surface area (Å²) in [7, 11) is 2.17. The fourth-order valence-corrected chi connectivity index (χ4v) is 2.87. The molecular weight excluding hydrogens is 236 g/mol. The lowest BCUT2D eigenvalue weighted by atomic mass is 10.1. The molecule has 2 unspecified atom stereocenters. The van der Waals surface area contributed by atoms with Crippen molar-refractivity contribution < 1.29 is 4.74 Å². The van der Waals surface area contributed by atoms with Crippen LogP contribution in [0.2, 0.25) is 0 Å².